The maximum atomic E-state index is 13.3. The van der Waals surface area contributed by atoms with E-state index in [4.69, 9.17) is 4.74 Å². The van der Waals surface area contributed by atoms with Gasteiger partial charge in [0.15, 0.2) is 5.16 Å². The van der Waals surface area contributed by atoms with Crippen LogP contribution in [0.5, 0.6) is 5.75 Å². The summed E-state index contributed by atoms with van der Waals surface area (Å²) < 4.78 is 34.9. The number of rotatable bonds is 8. The molecule has 0 N–H and O–H groups in total. The number of hydrogen-bond acceptors (Lipinski definition) is 6. The molecule has 0 spiro atoms. The molecule has 3 aromatic rings. The number of fused-ring (bicyclic) bond motifs is 1. The normalized spacial score (nSPS) is 15.1. The highest BCUT2D eigenvalue weighted by Crippen LogP contribution is 2.30. The zero-order valence-corrected chi connectivity index (χ0v) is 20.6. The van der Waals surface area contributed by atoms with Gasteiger partial charge in [0.2, 0.25) is 10.0 Å². The molecule has 0 radical (unpaired) electrons. The highest BCUT2D eigenvalue weighted by molar-refractivity contribution is 7.99. The van der Waals surface area contributed by atoms with Gasteiger partial charge in [-0.25, -0.2) is 13.4 Å². The fourth-order valence-corrected chi connectivity index (χ4v) is 6.39. The number of imidazole rings is 1. The second-order valence-electron chi connectivity index (χ2n) is 7.86. The second-order valence-corrected chi connectivity index (χ2v) is 10.8. The van der Waals surface area contributed by atoms with Crippen molar-refractivity contribution in [2.24, 2.45) is 0 Å². The van der Waals surface area contributed by atoms with Gasteiger partial charge in [-0.05, 0) is 48.7 Å². The number of methoxy groups -OCH3 is 1. The number of carbonyl (C=O) groups is 1. The summed E-state index contributed by atoms with van der Waals surface area (Å²) in [5.74, 6) is 0.644. The molecule has 178 valence electrons. The van der Waals surface area contributed by atoms with Gasteiger partial charge < -0.3 is 4.74 Å². The first kappa shape index (κ1) is 24.3. The van der Waals surface area contributed by atoms with Crippen LogP contribution in [0.3, 0.4) is 0 Å². The van der Waals surface area contributed by atoms with E-state index >= 15 is 0 Å². The summed E-state index contributed by atoms with van der Waals surface area (Å²) in [5, 5.41) is 0.582. The zero-order valence-electron chi connectivity index (χ0n) is 19.0. The Morgan fingerprint density at radius 1 is 1.18 bits per heavy atom. The molecule has 1 saturated heterocycles. The third kappa shape index (κ3) is 4.96. The minimum absolute atomic E-state index is 0.113. The van der Waals surface area contributed by atoms with Crippen molar-refractivity contribution in [2.45, 2.75) is 29.3 Å². The minimum Gasteiger partial charge on any atom is -0.495 e. The molecule has 9 heteroatoms. The van der Waals surface area contributed by atoms with Gasteiger partial charge >= 0.3 is 0 Å². The SMILES string of the molecule is C=CCSc1nc2ccccc2n1C(=O)/C=C\c1ccc(OC)c(S(=O)(=O)N2CCCCC2)c1. The Labute approximate surface area is 204 Å². The fourth-order valence-electron chi connectivity index (χ4n) is 3.93. The van der Waals surface area contributed by atoms with Crippen LogP contribution >= 0.6 is 11.8 Å². The van der Waals surface area contributed by atoms with Crippen molar-refractivity contribution in [3.63, 3.8) is 0 Å². The largest absolute Gasteiger partial charge is 0.495 e. The summed E-state index contributed by atoms with van der Waals surface area (Å²) in [6.45, 7) is 4.74. The van der Waals surface area contributed by atoms with Gasteiger partial charge in [0.25, 0.3) is 5.91 Å². The van der Waals surface area contributed by atoms with E-state index < -0.39 is 10.0 Å². The second kappa shape index (κ2) is 10.6. The molecule has 1 aromatic heterocycles. The van der Waals surface area contributed by atoms with Gasteiger partial charge in [-0.3, -0.25) is 9.36 Å². The Kier molecular flexibility index (Phi) is 7.55. The fraction of sp³-hybridized carbons (Fsp3) is 0.280. The maximum Gasteiger partial charge on any atom is 0.257 e. The van der Waals surface area contributed by atoms with Crippen LogP contribution in [-0.4, -0.2) is 54.1 Å². The molecule has 0 aliphatic carbocycles. The lowest BCUT2D eigenvalue weighted by molar-refractivity contribution is 0.0965. The van der Waals surface area contributed by atoms with Crippen LogP contribution in [0.2, 0.25) is 0 Å². The van der Waals surface area contributed by atoms with E-state index in [2.05, 4.69) is 11.6 Å². The van der Waals surface area contributed by atoms with Crippen molar-refractivity contribution in [1.29, 1.82) is 0 Å². The van der Waals surface area contributed by atoms with Crippen LogP contribution in [0.1, 0.15) is 29.6 Å². The van der Waals surface area contributed by atoms with Gasteiger partial charge in [-0.1, -0.05) is 42.5 Å². The van der Waals surface area contributed by atoms with Crippen molar-refractivity contribution in [3.05, 3.63) is 66.8 Å². The minimum atomic E-state index is -3.69. The van der Waals surface area contributed by atoms with Crippen LogP contribution in [0, 0.1) is 0 Å². The van der Waals surface area contributed by atoms with E-state index in [1.807, 2.05) is 24.3 Å². The van der Waals surface area contributed by atoms with Crippen LogP contribution < -0.4 is 4.74 Å². The summed E-state index contributed by atoms with van der Waals surface area (Å²) in [6.07, 6.45) is 7.54. The zero-order chi connectivity index (χ0) is 24.1. The molecular weight excluding hydrogens is 470 g/mol. The Balaban J connectivity index is 1.66. The number of sulfonamides is 1. The monoisotopic (exact) mass is 497 g/mol. The number of allylic oxidation sites excluding steroid dienone is 1. The highest BCUT2D eigenvalue weighted by atomic mass is 32.2. The molecule has 0 bridgehead atoms. The molecule has 34 heavy (non-hydrogen) atoms. The van der Waals surface area contributed by atoms with Gasteiger partial charge in [0, 0.05) is 24.9 Å². The highest BCUT2D eigenvalue weighted by Gasteiger charge is 2.29. The first-order chi connectivity index (χ1) is 16.5. The molecule has 0 unspecified atom stereocenters. The Morgan fingerprint density at radius 2 is 1.94 bits per heavy atom. The number of benzene rings is 2. The number of carbonyl (C=O) groups excluding carboxylic acids is 1. The molecule has 0 saturated carbocycles. The number of piperidine rings is 1. The summed E-state index contributed by atoms with van der Waals surface area (Å²) >= 11 is 1.43. The van der Waals surface area contributed by atoms with Gasteiger partial charge in [0.1, 0.15) is 10.6 Å². The van der Waals surface area contributed by atoms with Crippen LogP contribution in [0.15, 0.2) is 71.2 Å². The smallest absolute Gasteiger partial charge is 0.257 e. The molecule has 2 aromatic carbocycles. The molecular formula is C25H27N3O4S2. The Bertz CT molecular complexity index is 1340. The van der Waals surface area contributed by atoms with E-state index in [9.17, 15) is 13.2 Å². The first-order valence-electron chi connectivity index (χ1n) is 11.1. The topological polar surface area (TPSA) is 81.5 Å². The van der Waals surface area contributed by atoms with Gasteiger partial charge in [-0.2, -0.15) is 4.31 Å². The van der Waals surface area contributed by atoms with Crippen molar-refractivity contribution < 1.29 is 17.9 Å². The van der Waals surface area contributed by atoms with Crippen molar-refractivity contribution >= 4 is 44.8 Å². The van der Waals surface area contributed by atoms with Crippen LogP contribution in [-0.2, 0) is 10.0 Å². The number of nitrogens with zero attached hydrogens (tertiary/aromatic N) is 3. The standard InChI is InChI=1S/C25H27N3O4S2/c1-3-17-33-25-26-20-9-5-6-10-21(20)28(25)24(29)14-12-19-11-13-22(32-2)23(18-19)34(30,31)27-15-7-4-8-16-27/h3,5-6,9-14,18H,1,4,7-8,15-17H2,2H3/b14-12-. The predicted octanol–water partition coefficient (Wildman–Crippen LogP) is 4.85. The molecule has 4 rings (SSSR count). The summed E-state index contributed by atoms with van der Waals surface area (Å²) in [5.41, 5.74) is 2.04. The number of ether oxygens (including phenoxy) is 1. The molecule has 1 aliphatic heterocycles. The lowest BCUT2D eigenvalue weighted by Crippen LogP contribution is -2.35. The Hall–Kier alpha value is -2.88. The van der Waals surface area contributed by atoms with E-state index in [0.29, 0.717) is 35.1 Å². The van der Waals surface area contributed by atoms with E-state index in [-0.39, 0.29) is 16.6 Å². The summed E-state index contributed by atoms with van der Waals surface area (Å²) in [6, 6.07) is 12.4. The molecule has 7 nitrogen and oxygen atoms in total. The van der Waals surface area contributed by atoms with E-state index in [1.165, 1.54) is 29.3 Å². The number of para-hydroxylation sites is 2. The average molecular weight is 498 g/mol. The van der Waals surface area contributed by atoms with Crippen LogP contribution in [0.25, 0.3) is 17.1 Å². The van der Waals surface area contributed by atoms with E-state index in [0.717, 1.165) is 24.8 Å². The number of thioether (sulfide) groups is 1. The third-order valence-electron chi connectivity index (χ3n) is 5.62. The quantitative estimate of drug-likeness (QED) is 0.251. The first-order valence-corrected chi connectivity index (χ1v) is 13.5. The molecule has 1 aliphatic rings. The molecule has 0 atom stereocenters. The number of hydrogen-bond donors (Lipinski definition) is 0. The van der Waals surface area contributed by atoms with Crippen LogP contribution in [0.4, 0.5) is 0 Å². The van der Waals surface area contributed by atoms with Gasteiger partial charge in [-0.15, -0.1) is 6.58 Å². The summed E-state index contributed by atoms with van der Waals surface area (Å²) in [7, 11) is -2.24. The predicted molar refractivity (Wildman–Crippen MR) is 136 cm³/mol. The lowest BCUT2D eigenvalue weighted by Gasteiger charge is -2.26. The molecule has 1 fully saturated rings. The van der Waals surface area contributed by atoms with E-state index in [1.54, 1.807) is 34.9 Å². The lowest BCUT2D eigenvalue weighted by atomic mass is 10.2. The molecule has 2 heterocycles. The van der Waals surface area contributed by atoms with Crippen molar-refractivity contribution in [3.8, 4) is 5.75 Å². The van der Waals surface area contributed by atoms with Crippen molar-refractivity contribution in [2.75, 3.05) is 26.0 Å². The molecule has 0 amide bonds. The maximum absolute atomic E-state index is 13.3. The summed E-state index contributed by atoms with van der Waals surface area (Å²) in [4.78, 5) is 17.9. The van der Waals surface area contributed by atoms with Gasteiger partial charge in [0.05, 0.1) is 18.1 Å². The third-order valence-corrected chi connectivity index (χ3v) is 8.47. The Morgan fingerprint density at radius 3 is 2.68 bits per heavy atom. The average Bonchev–Trinajstić information content (AvgIpc) is 3.24. The van der Waals surface area contributed by atoms with Crippen molar-refractivity contribution in [1.82, 2.24) is 13.9 Å². The number of aromatic nitrogens is 2.